The highest BCUT2D eigenvalue weighted by molar-refractivity contribution is 7.52. The molecule has 1 atom stereocenters. The molecule has 0 aliphatic heterocycles. The van der Waals surface area contributed by atoms with Gasteiger partial charge in [0.25, 0.3) is 0 Å². The molecule has 112 valence electrons. The van der Waals surface area contributed by atoms with E-state index in [0.29, 0.717) is 15.6 Å². The van der Waals surface area contributed by atoms with Crippen molar-refractivity contribution < 1.29 is 14.4 Å². The number of nitrogens with one attached hydrogen (secondary N) is 1. The van der Waals surface area contributed by atoms with E-state index in [9.17, 15) is 14.4 Å². The molecule has 0 fully saturated rings. The van der Waals surface area contributed by atoms with E-state index in [0.717, 1.165) is 5.56 Å². The predicted molar refractivity (Wildman–Crippen MR) is 84.5 cm³/mol. The Bertz CT molecular complexity index is 675. The molecule has 4 nitrogen and oxygen atoms in total. The maximum absolute atomic E-state index is 11.7. The van der Waals surface area contributed by atoms with E-state index >= 15 is 0 Å². The Kier molecular flexibility index (Phi) is 5.44. The van der Waals surface area contributed by atoms with Gasteiger partial charge in [0.2, 0.25) is 0 Å². The van der Waals surface area contributed by atoms with E-state index in [4.69, 9.17) is 23.2 Å². The Morgan fingerprint density at radius 2 is 1.57 bits per heavy atom. The van der Waals surface area contributed by atoms with E-state index in [2.05, 4.69) is 5.32 Å². The van der Waals surface area contributed by atoms with Crippen LogP contribution < -0.4 is 5.32 Å². The molecule has 0 aromatic heterocycles. The third kappa shape index (κ3) is 4.30. The average molecular weight is 346 g/mol. The van der Waals surface area contributed by atoms with Gasteiger partial charge in [0.15, 0.2) is 0 Å². The fourth-order valence-electron chi connectivity index (χ4n) is 1.96. The molecular weight excluding hydrogens is 332 g/mol. The predicted octanol–water partition coefficient (Wildman–Crippen LogP) is 3.96. The molecule has 0 bridgehead atoms. The number of hydrogen-bond donors (Lipinski definition) is 3. The standard InChI is InChI=1S/C14H14Cl2NO3P/c15-12-7-3-1-5-10(12)9-17-14(21(18,19)20)11-6-2-4-8-13(11)16/h1-8,14,17H,9H2,(H2,18,19,20). The lowest BCUT2D eigenvalue weighted by Crippen LogP contribution is -2.21. The van der Waals surface area contributed by atoms with Gasteiger partial charge in [-0.2, -0.15) is 0 Å². The Morgan fingerprint density at radius 1 is 1.00 bits per heavy atom. The lowest BCUT2D eigenvalue weighted by Gasteiger charge is -2.21. The third-order valence-corrected chi connectivity index (χ3v) is 4.83. The SMILES string of the molecule is O=P(O)(O)C(NCc1ccccc1Cl)c1ccccc1Cl. The first-order valence-electron chi connectivity index (χ1n) is 6.16. The molecule has 2 aromatic carbocycles. The molecule has 0 aliphatic rings. The van der Waals surface area contributed by atoms with Crippen LogP contribution in [0.3, 0.4) is 0 Å². The highest BCUT2D eigenvalue weighted by Gasteiger charge is 2.31. The van der Waals surface area contributed by atoms with Gasteiger partial charge < -0.3 is 9.79 Å². The molecule has 0 aliphatic carbocycles. The fourth-order valence-corrected chi connectivity index (χ4v) is 3.40. The summed E-state index contributed by atoms with van der Waals surface area (Å²) in [5.41, 5.74) is 1.12. The van der Waals surface area contributed by atoms with Crippen molar-refractivity contribution in [3.05, 3.63) is 69.7 Å². The Hall–Kier alpha value is -0.870. The summed E-state index contributed by atoms with van der Waals surface area (Å²) in [5, 5.41) is 3.68. The van der Waals surface area contributed by atoms with Crippen LogP contribution in [0.2, 0.25) is 10.0 Å². The maximum Gasteiger partial charge on any atom is 0.346 e. The van der Waals surface area contributed by atoms with E-state index in [1.807, 2.05) is 6.07 Å². The molecule has 0 saturated heterocycles. The van der Waals surface area contributed by atoms with Crippen molar-refractivity contribution in [2.75, 3.05) is 0 Å². The van der Waals surface area contributed by atoms with Crippen LogP contribution in [-0.4, -0.2) is 9.79 Å². The zero-order chi connectivity index (χ0) is 15.5. The van der Waals surface area contributed by atoms with Gasteiger partial charge in [-0.25, -0.2) is 0 Å². The second kappa shape index (κ2) is 6.93. The first kappa shape index (κ1) is 16.5. The number of halogens is 2. The minimum Gasteiger partial charge on any atom is -0.323 e. The smallest absolute Gasteiger partial charge is 0.323 e. The molecule has 7 heteroatoms. The Balaban J connectivity index is 2.25. The molecule has 3 N–H and O–H groups in total. The van der Waals surface area contributed by atoms with Crippen molar-refractivity contribution in [2.24, 2.45) is 0 Å². The topological polar surface area (TPSA) is 69.6 Å². The van der Waals surface area contributed by atoms with Crippen LogP contribution in [0.25, 0.3) is 0 Å². The van der Waals surface area contributed by atoms with Crippen LogP contribution >= 0.6 is 30.8 Å². The van der Waals surface area contributed by atoms with Crippen molar-refractivity contribution in [1.82, 2.24) is 5.32 Å². The number of benzene rings is 2. The van der Waals surface area contributed by atoms with Crippen LogP contribution in [0.5, 0.6) is 0 Å². The summed E-state index contributed by atoms with van der Waals surface area (Å²) in [7, 11) is -4.42. The zero-order valence-corrected chi connectivity index (χ0v) is 13.3. The molecule has 21 heavy (non-hydrogen) atoms. The highest BCUT2D eigenvalue weighted by Crippen LogP contribution is 2.51. The monoisotopic (exact) mass is 345 g/mol. The summed E-state index contributed by atoms with van der Waals surface area (Å²) in [6.45, 7) is 0.223. The third-order valence-electron chi connectivity index (χ3n) is 2.98. The summed E-state index contributed by atoms with van der Waals surface area (Å²) < 4.78 is 11.7. The molecule has 0 radical (unpaired) electrons. The summed E-state index contributed by atoms with van der Waals surface area (Å²) in [5.74, 6) is -1.18. The van der Waals surface area contributed by atoms with Gasteiger partial charge in [-0.1, -0.05) is 59.6 Å². The summed E-state index contributed by atoms with van der Waals surface area (Å²) in [6, 6.07) is 13.7. The van der Waals surface area contributed by atoms with Gasteiger partial charge in [-0.15, -0.1) is 0 Å². The molecule has 2 aromatic rings. The van der Waals surface area contributed by atoms with Crippen molar-refractivity contribution in [1.29, 1.82) is 0 Å². The second-order valence-electron chi connectivity index (χ2n) is 4.49. The van der Waals surface area contributed by atoms with Crippen LogP contribution in [0.1, 0.15) is 16.9 Å². The number of rotatable bonds is 5. The van der Waals surface area contributed by atoms with Crippen molar-refractivity contribution in [3.63, 3.8) is 0 Å². The van der Waals surface area contributed by atoms with Crippen molar-refractivity contribution in [3.8, 4) is 0 Å². The molecule has 1 unspecified atom stereocenters. The van der Waals surface area contributed by atoms with Gasteiger partial charge in [0.1, 0.15) is 5.78 Å². The van der Waals surface area contributed by atoms with Gasteiger partial charge in [0.05, 0.1) is 0 Å². The first-order chi connectivity index (χ1) is 9.89. The lowest BCUT2D eigenvalue weighted by molar-refractivity contribution is 0.347. The van der Waals surface area contributed by atoms with Crippen LogP contribution in [0.4, 0.5) is 0 Å². The van der Waals surface area contributed by atoms with E-state index in [1.165, 1.54) is 0 Å². The molecule has 0 saturated carbocycles. The normalized spacial score (nSPS) is 13.1. The van der Waals surface area contributed by atoms with E-state index in [-0.39, 0.29) is 6.54 Å². The highest BCUT2D eigenvalue weighted by atomic mass is 35.5. The molecule has 0 heterocycles. The summed E-state index contributed by atoms with van der Waals surface area (Å²) in [4.78, 5) is 19.1. The van der Waals surface area contributed by atoms with Crippen LogP contribution in [0.15, 0.2) is 48.5 Å². The Morgan fingerprint density at radius 3 is 2.14 bits per heavy atom. The largest absolute Gasteiger partial charge is 0.346 e. The molecule has 0 amide bonds. The first-order valence-corrected chi connectivity index (χ1v) is 8.60. The molecular formula is C14H14Cl2NO3P. The van der Waals surface area contributed by atoms with Crippen molar-refractivity contribution >= 4 is 30.8 Å². The van der Waals surface area contributed by atoms with Gasteiger partial charge in [-0.3, -0.25) is 9.88 Å². The Labute approximate surface area is 132 Å². The summed E-state index contributed by atoms with van der Waals surface area (Å²) >= 11 is 12.1. The van der Waals surface area contributed by atoms with Crippen LogP contribution in [0, 0.1) is 0 Å². The average Bonchev–Trinajstić information content (AvgIpc) is 2.41. The lowest BCUT2D eigenvalue weighted by atomic mass is 10.2. The van der Waals surface area contributed by atoms with Gasteiger partial charge in [0, 0.05) is 16.6 Å². The number of hydrogen-bond acceptors (Lipinski definition) is 2. The molecule has 0 spiro atoms. The zero-order valence-electron chi connectivity index (χ0n) is 10.9. The van der Waals surface area contributed by atoms with Crippen LogP contribution in [-0.2, 0) is 11.1 Å². The van der Waals surface area contributed by atoms with E-state index in [1.54, 1.807) is 42.5 Å². The van der Waals surface area contributed by atoms with Crippen molar-refractivity contribution in [2.45, 2.75) is 12.3 Å². The van der Waals surface area contributed by atoms with E-state index < -0.39 is 13.4 Å². The maximum atomic E-state index is 11.7. The minimum atomic E-state index is -4.42. The minimum absolute atomic E-state index is 0.223. The molecule has 2 rings (SSSR count). The second-order valence-corrected chi connectivity index (χ2v) is 6.99. The fraction of sp³-hybridized carbons (Fsp3) is 0.143. The quantitative estimate of drug-likeness (QED) is 0.717. The van der Waals surface area contributed by atoms with Gasteiger partial charge >= 0.3 is 7.60 Å². The van der Waals surface area contributed by atoms with Gasteiger partial charge in [-0.05, 0) is 23.3 Å². The summed E-state index contributed by atoms with van der Waals surface area (Å²) in [6.07, 6.45) is 0.